The van der Waals surface area contributed by atoms with Crippen LogP contribution in [-0.2, 0) is 11.3 Å². The Morgan fingerprint density at radius 3 is 2.26 bits per heavy atom. The van der Waals surface area contributed by atoms with Crippen LogP contribution in [0.2, 0.25) is 0 Å². The minimum atomic E-state index is -0.0254. The summed E-state index contributed by atoms with van der Waals surface area (Å²) in [6.07, 6.45) is 0. The van der Waals surface area contributed by atoms with Crippen LogP contribution in [0.15, 0.2) is 24.3 Å². The van der Waals surface area contributed by atoms with Crippen molar-refractivity contribution in [3.63, 3.8) is 0 Å². The second-order valence-corrected chi connectivity index (χ2v) is 5.37. The minimum Gasteiger partial charge on any atom is -0.335 e. The van der Waals surface area contributed by atoms with E-state index in [1.165, 1.54) is 30.5 Å². The molecule has 1 aromatic rings. The number of rotatable bonds is 7. The van der Waals surface area contributed by atoms with Gasteiger partial charge >= 0.3 is 0 Å². The van der Waals surface area contributed by atoms with E-state index in [1.807, 2.05) is 12.1 Å². The lowest BCUT2D eigenvalue weighted by molar-refractivity contribution is -0.949. The molecule has 0 aliphatic carbocycles. The molecule has 1 rings (SSSR count). The molecule has 1 amide bonds. The van der Waals surface area contributed by atoms with Crippen molar-refractivity contribution in [2.45, 2.75) is 20.4 Å². The zero-order chi connectivity index (χ0) is 14.3. The first-order chi connectivity index (χ1) is 9.01. The molecule has 0 aliphatic heterocycles. The molecule has 0 bridgehead atoms. The van der Waals surface area contributed by atoms with Crippen LogP contribution in [0.5, 0.6) is 0 Å². The Kier molecular flexibility index (Phi) is 6.53. The van der Waals surface area contributed by atoms with Crippen LogP contribution in [0.1, 0.15) is 19.4 Å². The Morgan fingerprint density at radius 1 is 1.16 bits per heavy atom. The van der Waals surface area contributed by atoms with Crippen LogP contribution < -0.4 is 15.1 Å². The molecule has 106 valence electrons. The molecule has 4 nitrogen and oxygen atoms in total. The summed E-state index contributed by atoms with van der Waals surface area (Å²) in [7, 11) is 4.38. The third-order valence-corrected chi connectivity index (χ3v) is 3.21. The summed E-state index contributed by atoms with van der Waals surface area (Å²) in [5.74, 6) is -0.0254. The summed E-state index contributed by atoms with van der Waals surface area (Å²) < 4.78 is 0. The number of benzene rings is 1. The van der Waals surface area contributed by atoms with Crippen molar-refractivity contribution in [1.82, 2.24) is 0 Å². The van der Waals surface area contributed by atoms with Crippen LogP contribution in [0.3, 0.4) is 0 Å². The smallest absolute Gasteiger partial charge is 0.221 e. The summed E-state index contributed by atoms with van der Waals surface area (Å²) in [4.78, 5) is 14.0. The number of hydrogen-bond acceptors (Lipinski definition) is 1. The van der Waals surface area contributed by atoms with Crippen molar-refractivity contribution >= 4 is 11.6 Å². The average Bonchev–Trinajstić information content (AvgIpc) is 2.35. The molecule has 0 radical (unpaired) electrons. The number of quaternary nitrogens is 2. The molecule has 0 aliphatic rings. The normalized spacial score (nSPS) is 12.5. The maximum atomic E-state index is 11.0. The molecule has 19 heavy (non-hydrogen) atoms. The maximum Gasteiger partial charge on any atom is 0.221 e. The van der Waals surface area contributed by atoms with Gasteiger partial charge in [0.25, 0.3) is 0 Å². The highest BCUT2D eigenvalue weighted by Gasteiger charge is 2.09. The fourth-order valence-corrected chi connectivity index (χ4v) is 2.01. The molecule has 1 atom stereocenters. The van der Waals surface area contributed by atoms with Gasteiger partial charge in [-0.15, -0.1) is 0 Å². The Bertz CT molecular complexity index is 387. The molecule has 0 spiro atoms. The predicted octanol–water partition coefficient (Wildman–Crippen LogP) is -0.806. The van der Waals surface area contributed by atoms with Gasteiger partial charge in [0, 0.05) is 18.2 Å². The SMILES string of the molecule is CC[NH+](CC[NH+](C)C)Cc1ccc(NC(C)=O)cc1. The first-order valence-electron chi connectivity index (χ1n) is 7.00. The lowest BCUT2D eigenvalue weighted by Gasteiger charge is -2.18. The molecule has 1 aromatic carbocycles. The number of amides is 1. The van der Waals surface area contributed by atoms with E-state index in [-0.39, 0.29) is 5.91 Å². The van der Waals surface area contributed by atoms with Crippen molar-refractivity contribution in [3.05, 3.63) is 29.8 Å². The number of anilines is 1. The van der Waals surface area contributed by atoms with Gasteiger partial charge < -0.3 is 15.1 Å². The highest BCUT2D eigenvalue weighted by Crippen LogP contribution is 2.08. The van der Waals surface area contributed by atoms with E-state index in [2.05, 4.69) is 38.5 Å². The number of carbonyl (C=O) groups is 1. The van der Waals surface area contributed by atoms with E-state index in [9.17, 15) is 4.79 Å². The van der Waals surface area contributed by atoms with E-state index in [0.29, 0.717) is 0 Å². The first kappa shape index (κ1) is 15.7. The summed E-state index contributed by atoms with van der Waals surface area (Å²) in [6.45, 7) is 8.32. The Hall–Kier alpha value is -1.39. The van der Waals surface area contributed by atoms with Gasteiger partial charge in [0.05, 0.1) is 20.6 Å². The second-order valence-electron chi connectivity index (χ2n) is 5.37. The molecule has 4 heteroatoms. The number of likely N-dealkylation sites (N-methyl/N-ethyl adjacent to an activating group) is 2. The fourth-order valence-electron chi connectivity index (χ4n) is 2.01. The molecule has 0 saturated carbocycles. The second kappa shape index (κ2) is 7.92. The monoisotopic (exact) mass is 265 g/mol. The fraction of sp³-hybridized carbons (Fsp3) is 0.533. The molecule has 0 heterocycles. The highest BCUT2D eigenvalue weighted by molar-refractivity contribution is 5.88. The summed E-state index contributed by atoms with van der Waals surface area (Å²) in [6, 6.07) is 8.15. The topological polar surface area (TPSA) is 38.0 Å². The van der Waals surface area contributed by atoms with Gasteiger partial charge in [-0.3, -0.25) is 4.79 Å². The van der Waals surface area contributed by atoms with Crippen molar-refractivity contribution in [3.8, 4) is 0 Å². The average molecular weight is 265 g/mol. The van der Waals surface area contributed by atoms with E-state index < -0.39 is 0 Å². The lowest BCUT2D eigenvalue weighted by Crippen LogP contribution is -3.17. The molecule has 1 unspecified atom stereocenters. The minimum absolute atomic E-state index is 0.0254. The third-order valence-electron chi connectivity index (χ3n) is 3.21. The summed E-state index contributed by atoms with van der Waals surface area (Å²) in [5, 5.41) is 2.79. The van der Waals surface area contributed by atoms with Gasteiger partial charge in [-0.05, 0) is 19.1 Å². The van der Waals surface area contributed by atoms with E-state index in [4.69, 9.17) is 0 Å². The van der Waals surface area contributed by atoms with Crippen molar-refractivity contribution < 1.29 is 14.6 Å². The molecular formula is C15H27N3O+2. The molecule has 0 fully saturated rings. The van der Waals surface area contributed by atoms with Crippen LogP contribution >= 0.6 is 0 Å². The van der Waals surface area contributed by atoms with Gasteiger partial charge in [0.2, 0.25) is 5.91 Å². The number of hydrogen-bond donors (Lipinski definition) is 3. The molecule has 0 saturated heterocycles. The standard InChI is InChI=1S/C15H25N3O/c1-5-18(11-10-17(3)4)12-14-6-8-15(9-7-14)16-13(2)19/h6-9H,5,10-12H2,1-4H3,(H,16,19)/p+2. The summed E-state index contributed by atoms with van der Waals surface area (Å²) in [5.41, 5.74) is 2.19. The lowest BCUT2D eigenvalue weighted by atomic mass is 10.2. The number of nitrogens with one attached hydrogen (secondary N) is 3. The van der Waals surface area contributed by atoms with Crippen LogP contribution in [-0.4, -0.2) is 39.6 Å². The van der Waals surface area contributed by atoms with E-state index in [1.54, 1.807) is 4.90 Å². The van der Waals surface area contributed by atoms with Gasteiger partial charge in [-0.1, -0.05) is 12.1 Å². The van der Waals surface area contributed by atoms with Crippen molar-refractivity contribution in [1.29, 1.82) is 0 Å². The largest absolute Gasteiger partial charge is 0.335 e. The molecular weight excluding hydrogens is 238 g/mol. The van der Waals surface area contributed by atoms with Gasteiger partial charge in [0.1, 0.15) is 19.6 Å². The highest BCUT2D eigenvalue weighted by atomic mass is 16.1. The van der Waals surface area contributed by atoms with Crippen molar-refractivity contribution in [2.24, 2.45) is 0 Å². The quantitative estimate of drug-likeness (QED) is 0.593. The van der Waals surface area contributed by atoms with E-state index in [0.717, 1.165) is 18.8 Å². The Morgan fingerprint density at radius 2 is 1.79 bits per heavy atom. The number of carbonyl (C=O) groups excluding carboxylic acids is 1. The van der Waals surface area contributed by atoms with E-state index >= 15 is 0 Å². The zero-order valence-corrected chi connectivity index (χ0v) is 12.5. The predicted molar refractivity (Wildman–Crippen MR) is 78.5 cm³/mol. The van der Waals surface area contributed by atoms with Gasteiger partial charge in [-0.25, -0.2) is 0 Å². The van der Waals surface area contributed by atoms with Crippen molar-refractivity contribution in [2.75, 3.05) is 39.0 Å². The summed E-state index contributed by atoms with van der Waals surface area (Å²) >= 11 is 0. The third kappa shape index (κ3) is 6.36. The Balaban J connectivity index is 2.52. The first-order valence-corrected chi connectivity index (χ1v) is 7.00. The van der Waals surface area contributed by atoms with Gasteiger partial charge in [-0.2, -0.15) is 0 Å². The van der Waals surface area contributed by atoms with Crippen LogP contribution in [0, 0.1) is 0 Å². The Labute approximate surface area is 116 Å². The molecule has 3 N–H and O–H groups in total. The van der Waals surface area contributed by atoms with Gasteiger partial charge in [0.15, 0.2) is 0 Å². The van der Waals surface area contributed by atoms with Crippen LogP contribution in [0.4, 0.5) is 5.69 Å². The zero-order valence-electron chi connectivity index (χ0n) is 12.5. The maximum absolute atomic E-state index is 11.0. The van der Waals surface area contributed by atoms with Crippen LogP contribution in [0.25, 0.3) is 0 Å². The molecule has 0 aromatic heterocycles.